The molecule has 1 heterocycles. The van der Waals surface area contributed by atoms with Crippen molar-refractivity contribution in [3.8, 4) is 11.5 Å². The van der Waals surface area contributed by atoms with E-state index < -0.39 is 0 Å². The van der Waals surface area contributed by atoms with E-state index in [0.717, 1.165) is 50.9 Å². The fraction of sp³-hybridized carbons (Fsp3) is 0.579. The van der Waals surface area contributed by atoms with Gasteiger partial charge in [-0.2, -0.15) is 0 Å². The Hall–Kier alpha value is -1.75. The highest BCUT2D eigenvalue weighted by Gasteiger charge is 2.17. The van der Waals surface area contributed by atoms with Crippen LogP contribution in [-0.4, -0.2) is 81.7 Å². The van der Waals surface area contributed by atoms with E-state index in [1.165, 1.54) is 0 Å². The number of rotatable bonds is 7. The Morgan fingerprint density at radius 2 is 1.82 bits per heavy atom. The molecule has 0 aliphatic carbocycles. The van der Waals surface area contributed by atoms with Gasteiger partial charge >= 0.3 is 0 Å². The Kier molecular flexibility index (Phi) is 11.0. The number of carbonyl (C=O) groups excluding carboxylic acids is 1. The zero-order chi connectivity index (χ0) is 19.6. The summed E-state index contributed by atoms with van der Waals surface area (Å²) in [5, 5.41) is 6.55. The number of hydrogen-bond donors (Lipinski definition) is 2. The standard InChI is InChI=1S/C19H31N5O3.HI/c1-5-20-19(22-16-6-7-17(26-3)18(14-16)27-4)21-8-9-23-10-12-24(13-11-23)15(2)25;/h6-7,14H,5,8-13H2,1-4H3,(H2,20,21,22);1H. The Bertz CT molecular complexity index is 648. The van der Waals surface area contributed by atoms with E-state index >= 15 is 0 Å². The number of halogens is 1. The quantitative estimate of drug-likeness (QED) is 0.335. The van der Waals surface area contributed by atoms with Gasteiger partial charge in [-0.25, -0.2) is 0 Å². The van der Waals surface area contributed by atoms with Crippen molar-refractivity contribution in [3.05, 3.63) is 18.2 Å². The lowest BCUT2D eigenvalue weighted by Crippen LogP contribution is -2.48. The predicted octanol–water partition coefficient (Wildman–Crippen LogP) is 1.86. The van der Waals surface area contributed by atoms with Crippen LogP contribution in [0.1, 0.15) is 13.8 Å². The third-order valence-corrected chi connectivity index (χ3v) is 4.49. The van der Waals surface area contributed by atoms with Crippen molar-refractivity contribution in [1.82, 2.24) is 15.1 Å². The van der Waals surface area contributed by atoms with Crippen LogP contribution in [0.5, 0.6) is 11.5 Å². The highest BCUT2D eigenvalue weighted by molar-refractivity contribution is 14.0. The van der Waals surface area contributed by atoms with Gasteiger partial charge in [0, 0.05) is 57.9 Å². The number of amides is 1. The maximum atomic E-state index is 11.4. The van der Waals surface area contributed by atoms with Crippen LogP contribution in [0.4, 0.5) is 5.69 Å². The maximum absolute atomic E-state index is 11.4. The summed E-state index contributed by atoms with van der Waals surface area (Å²) in [6, 6.07) is 5.67. The minimum absolute atomic E-state index is 0. The monoisotopic (exact) mass is 505 g/mol. The van der Waals surface area contributed by atoms with Crippen LogP contribution < -0.4 is 20.1 Å². The van der Waals surface area contributed by atoms with Gasteiger partial charge in [-0.3, -0.25) is 14.7 Å². The second kappa shape index (κ2) is 12.7. The van der Waals surface area contributed by atoms with Crippen LogP contribution in [0.15, 0.2) is 23.2 Å². The van der Waals surface area contributed by atoms with Crippen molar-refractivity contribution in [3.63, 3.8) is 0 Å². The van der Waals surface area contributed by atoms with Crippen molar-refractivity contribution in [1.29, 1.82) is 0 Å². The van der Waals surface area contributed by atoms with Gasteiger partial charge in [0.05, 0.1) is 20.8 Å². The molecule has 9 heteroatoms. The highest BCUT2D eigenvalue weighted by atomic mass is 127. The number of aliphatic imine (C=N–C) groups is 1. The van der Waals surface area contributed by atoms with Crippen molar-refractivity contribution in [2.24, 2.45) is 4.99 Å². The molecule has 0 aromatic heterocycles. The third-order valence-electron chi connectivity index (χ3n) is 4.49. The van der Waals surface area contributed by atoms with E-state index in [4.69, 9.17) is 9.47 Å². The van der Waals surface area contributed by atoms with E-state index in [-0.39, 0.29) is 29.9 Å². The molecule has 1 aliphatic heterocycles. The minimum Gasteiger partial charge on any atom is -0.493 e. The lowest BCUT2D eigenvalue weighted by molar-refractivity contribution is -0.130. The summed E-state index contributed by atoms with van der Waals surface area (Å²) in [6.45, 7) is 9.37. The van der Waals surface area contributed by atoms with Crippen LogP contribution in [0.3, 0.4) is 0 Å². The second-order valence-corrected chi connectivity index (χ2v) is 6.30. The normalized spacial score (nSPS) is 14.9. The molecule has 0 spiro atoms. The lowest BCUT2D eigenvalue weighted by atomic mass is 10.3. The van der Waals surface area contributed by atoms with E-state index in [1.807, 2.05) is 30.0 Å². The van der Waals surface area contributed by atoms with Gasteiger partial charge in [0.1, 0.15) is 0 Å². The molecule has 0 saturated carbocycles. The number of methoxy groups -OCH3 is 2. The summed E-state index contributed by atoms with van der Waals surface area (Å²) in [4.78, 5) is 20.3. The number of piperazine rings is 1. The molecule has 1 saturated heterocycles. The van der Waals surface area contributed by atoms with Gasteiger partial charge in [0.2, 0.25) is 5.91 Å². The number of anilines is 1. The summed E-state index contributed by atoms with van der Waals surface area (Å²) in [5.41, 5.74) is 0.877. The topological polar surface area (TPSA) is 78.4 Å². The van der Waals surface area contributed by atoms with Gasteiger partial charge in [0.15, 0.2) is 17.5 Å². The Labute approximate surface area is 184 Å². The average Bonchev–Trinajstić information content (AvgIpc) is 2.68. The largest absolute Gasteiger partial charge is 0.493 e. The van der Waals surface area contributed by atoms with Crippen LogP contribution in [0, 0.1) is 0 Å². The van der Waals surface area contributed by atoms with Gasteiger partial charge in [0.25, 0.3) is 0 Å². The fourth-order valence-corrected chi connectivity index (χ4v) is 2.95. The molecule has 1 aliphatic rings. The molecule has 8 nitrogen and oxygen atoms in total. The molecule has 0 atom stereocenters. The van der Waals surface area contributed by atoms with E-state index in [0.29, 0.717) is 18.0 Å². The van der Waals surface area contributed by atoms with Gasteiger partial charge < -0.3 is 25.0 Å². The minimum atomic E-state index is 0. The molecular formula is C19H32IN5O3. The molecule has 1 aromatic carbocycles. The highest BCUT2D eigenvalue weighted by Crippen LogP contribution is 2.29. The summed E-state index contributed by atoms with van der Waals surface area (Å²) in [7, 11) is 3.24. The molecule has 1 aromatic rings. The summed E-state index contributed by atoms with van der Waals surface area (Å²) in [6.07, 6.45) is 0. The van der Waals surface area contributed by atoms with Crippen molar-refractivity contribution in [2.45, 2.75) is 13.8 Å². The predicted molar refractivity (Wildman–Crippen MR) is 123 cm³/mol. The Morgan fingerprint density at radius 3 is 2.39 bits per heavy atom. The van der Waals surface area contributed by atoms with E-state index in [1.54, 1.807) is 21.1 Å². The van der Waals surface area contributed by atoms with Crippen LogP contribution in [0.2, 0.25) is 0 Å². The number of nitrogens with zero attached hydrogens (tertiary/aromatic N) is 3. The summed E-state index contributed by atoms with van der Waals surface area (Å²) >= 11 is 0. The Balaban J connectivity index is 0.00000392. The number of benzene rings is 1. The number of hydrogen-bond acceptors (Lipinski definition) is 5. The molecule has 2 rings (SSSR count). The Morgan fingerprint density at radius 1 is 1.14 bits per heavy atom. The van der Waals surface area contributed by atoms with E-state index in [2.05, 4.69) is 20.5 Å². The molecular weight excluding hydrogens is 473 g/mol. The number of guanidine groups is 1. The van der Waals surface area contributed by atoms with Gasteiger partial charge in [-0.1, -0.05) is 0 Å². The molecule has 1 fully saturated rings. The number of nitrogens with one attached hydrogen (secondary N) is 2. The first-order chi connectivity index (χ1) is 13.1. The average molecular weight is 505 g/mol. The van der Waals surface area contributed by atoms with Crippen LogP contribution in [-0.2, 0) is 4.79 Å². The number of carbonyl (C=O) groups is 1. The first kappa shape index (κ1) is 24.3. The molecule has 28 heavy (non-hydrogen) atoms. The lowest BCUT2D eigenvalue weighted by Gasteiger charge is -2.33. The second-order valence-electron chi connectivity index (χ2n) is 6.30. The molecule has 2 N–H and O–H groups in total. The summed E-state index contributed by atoms with van der Waals surface area (Å²) < 4.78 is 10.6. The van der Waals surface area contributed by atoms with Crippen molar-refractivity contribution >= 4 is 41.5 Å². The molecule has 0 radical (unpaired) electrons. The van der Waals surface area contributed by atoms with E-state index in [9.17, 15) is 4.79 Å². The van der Waals surface area contributed by atoms with Crippen molar-refractivity contribution in [2.75, 3.05) is 65.3 Å². The zero-order valence-electron chi connectivity index (χ0n) is 17.2. The van der Waals surface area contributed by atoms with Crippen LogP contribution in [0.25, 0.3) is 0 Å². The first-order valence-electron chi connectivity index (χ1n) is 9.32. The number of ether oxygens (including phenoxy) is 2. The smallest absolute Gasteiger partial charge is 0.219 e. The summed E-state index contributed by atoms with van der Waals surface area (Å²) in [5.74, 6) is 2.24. The van der Waals surface area contributed by atoms with Crippen LogP contribution >= 0.6 is 24.0 Å². The molecule has 158 valence electrons. The van der Waals surface area contributed by atoms with Gasteiger partial charge in [-0.15, -0.1) is 24.0 Å². The molecule has 1 amide bonds. The first-order valence-corrected chi connectivity index (χ1v) is 9.32. The SMILES string of the molecule is CCNC(=NCCN1CCN(C(C)=O)CC1)Nc1ccc(OC)c(OC)c1.I. The molecule has 0 unspecified atom stereocenters. The maximum Gasteiger partial charge on any atom is 0.219 e. The third kappa shape index (κ3) is 7.34. The van der Waals surface area contributed by atoms with Crippen molar-refractivity contribution < 1.29 is 14.3 Å². The molecule has 0 bridgehead atoms. The fourth-order valence-electron chi connectivity index (χ4n) is 2.95. The zero-order valence-corrected chi connectivity index (χ0v) is 19.5. The van der Waals surface area contributed by atoms with Gasteiger partial charge in [-0.05, 0) is 19.1 Å².